The van der Waals surface area contributed by atoms with Crippen LogP contribution >= 0.6 is 43.6 Å². The van der Waals surface area contributed by atoms with Crippen LogP contribution in [0.5, 0.6) is 0 Å². The summed E-state index contributed by atoms with van der Waals surface area (Å²) in [4.78, 5) is 17.1. The molecule has 0 atom stereocenters. The van der Waals surface area contributed by atoms with Crippen molar-refractivity contribution in [1.82, 2.24) is 10.3 Å². The lowest BCUT2D eigenvalue weighted by molar-refractivity contribution is 0.0956. The number of carbonyl (C=O) groups is 1. The van der Waals surface area contributed by atoms with Crippen LogP contribution in [0.4, 0.5) is 0 Å². The van der Waals surface area contributed by atoms with Gasteiger partial charge in [0, 0.05) is 42.6 Å². The van der Waals surface area contributed by atoms with Crippen molar-refractivity contribution in [3.05, 3.63) is 87.3 Å². The summed E-state index contributed by atoms with van der Waals surface area (Å²) in [5, 5.41) is 4.21. The highest BCUT2D eigenvalue weighted by Crippen LogP contribution is 2.37. The molecule has 6 heteroatoms. The van der Waals surface area contributed by atoms with Gasteiger partial charge in [-0.25, -0.2) is 0 Å². The van der Waals surface area contributed by atoms with Crippen molar-refractivity contribution in [2.45, 2.75) is 4.90 Å². The van der Waals surface area contributed by atoms with Crippen LogP contribution in [-0.4, -0.2) is 23.2 Å². The predicted octanol–water partition coefficient (Wildman–Crippen LogP) is 6.88. The number of halogens is 2. The van der Waals surface area contributed by atoms with Gasteiger partial charge in [0.2, 0.25) is 0 Å². The standard InChI is InChI=1S/C23H18Br2N2OS/c24-17-10-8-15(9-11-17)21-22(19-6-1-2-7-20(19)27-21)29-13-12-26-23(28)16-4-3-5-18(25)14-16/h1-11,14,27H,12-13H2,(H,26,28). The van der Waals surface area contributed by atoms with E-state index in [1.54, 1.807) is 11.8 Å². The molecule has 3 aromatic carbocycles. The summed E-state index contributed by atoms with van der Waals surface area (Å²) in [6, 6.07) is 24.1. The molecule has 29 heavy (non-hydrogen) atoms. The Kier molecular flexibility index (Phi) is 6.43. The van der Waals surface area contributed by atoms with Gasteiger partial charge in [-0.1, -0.05) is 68.3 Å². The minimum Gasteiger partial charge on any atom is -0.354 e. The Bertz CT molecular complexity index is 1160. The number of carbonyl (C=O) groups excluding carboxylic acids is 1. The molecular formula is C23H18Br2N2OS. The van der Waals surface area contributed by atoms with E-state index in [1.807, 2.05) is 42.5 Å². The van der Waals surface area contributed by atoms with Crippen LogP contribution in [0.2, 0.25) is 0 Å². The number of hydrogen-bond acceptors (Lipinski definition) is 2. The van der Waals surface area contributed by atoms with Gasteiger partial charge in [-0.3, -0.25) is 4.79 Å². The van der Waals surface area contributed by atoms with Gasteiger partial charge in [-0.2, -0.15) is 0 Å². The van der Waals surface area contributed by atoms with Gasteiger partial charge in [0.05, 0.1) is 5.69 Å². The Morgan fingerprint density at radius 2 is 1.72 bits per heavy atom. The van der Waals surface area contributed by atoms with Gasteiger partial charge in [0.1, 0.15) is 0 Å². The number of H-pyrrole nitrogens is 1. The summed E-state index contributed by atoms with van der Waals surface area (Å²) in [5.41, 5.74) is 4.03. The molecule has 1 heterocycles. The number of benzene rings is 3. The molecule has 0 spiro atoms. The zero-order valence-corrected chi connectivity index (χ0v) is 19.4. The number of fused-ring (bicyclic) bond motifs is 1. The molecule has 0 fully saturated rings. The van der Waals surface area contributed by atoms with Gasteiger partial charge in [0.15, 0.2) is 0 Å². The van der Waals surface area contributed by atoms with E-state index in [2.05, 4.69) is 72.5 Å². The third-order valence-corrected chi connectivity index (χ3v) is 6.66. The average Bonchev–Trinajstić information content (AvgIpc) is 3.10. The maximum absolute atomic E-state index is 12.3. The van der Waals surface area contributed by atoms with Crippen molar-refractivity contribution in [3.8, 4) is 11.3 Å². The topological polar surface area (TPSA) is 44.9 Å². The van der Waals surface area contributed by atoms with E-state index in [0.29, 0.717) is 12.1 Å². The molecule has 4 aromatic rings. The molecule has 0 radical (unpaired) electrons. The molecule has 0 aliphatic rings. The molecule has 0 aliphatic carbocycles. The van der Waals surface area contributed by atoms with Crippen molar-refractivity contribution >= 4 is 60.4 Å². The smallest absolute Gasteiger partial charge is 0.251 e. The predicted molar refractivity (Wildman–Crippen MR) is 129 cm³/mol. The summed E-state index contributed by atoms with van der Waals surface area (Å²) < 4.78 is 1.96. The fraction of sp³-hybridized carbons (Fsp3) is 0.0870. The van der Waals surface area contributed by atoms with E-state index in [0.717, 1.165) is 31.5 Å². The third-order valence-electron chi connectivity index (χ3n) is 4.51. The summed E-state index contributed by atoms with van der Waals surface area (Å²) in [6.45, 7) is 0.593. The summed E-state index contributed by atoms with van der Waals surface area (Å²) in [5.74, 6) is 0.726. The number of amides is 1. The van der Waals surface area contributed by atoms with E-state index in [-0.39, 0.29) is 5.91 Å². The number of hydrogen-bond donors (Lipinski definition) is 2. The van der Waals surface area contributed by atoms with Gasteiger partial charge in [0.25, 0.3) is 5.91 Å². The van der Waals surface area contributed by atoms with Gasteiger partial charge >= 0.3 is 0 Å². The molecule has 3 nitrogen and oxygen atoms in total. The summed E-state index contributed by atoms with van der Waals surface area (Å²) in [6.07, 6.45) is 0. The molecule has 2 N–H and O–H groups in total. The Morgan fingerprint density at radius 1 is 0.931 bits per heavy atom. The number of nitrogens with one attached hydrogen (secondary N) is 2. The van der Waals surface area contributed by atoms with E-state index in [9.17, 15) is 4.79 Å². The van der Waals surface area contributed by atoms with E-state index >= 15 is 0 Å². The first kappa shape index (κ1) is 20.3. The van der Waals surface area contributed by atoms with Gasteiger partial charge < -0.3 is 10.3 Å². The van der Waals surface area contributed by atoms with Crippen LogP contribution in [0.15, 0.2) is 86.6 Å². The lowest BCUT2D eigenvalue weighted by atomic mass is 10.1. The van der Waals surface area contributed by atoms with Crippen LogP contribution in [0.3, 0.4) is 0 Å². The second-order valence-electron chi connectivity index (χ2n) is 6.50. The van der Waals surface area contributed by atoms with E-state index < -0.39 is 0 Å². The monoisotopic (exact) mass is 528 g/mol. The Labute approximate surface area is 190 Å². The van der Waals surface area contributed by atoms with Crippen molar-refractivity contribution in [3.63, 3.8) is 0 Å². The summed E-state index contributed by atoms with van der Waals surface area (Å²) in [7, 11) is 0. The highest BCUT2D eigenvalue weighted by molar-refractivity contribution is 9.10. The fourth-order valence-corrected chi connectivity index (χ4v) is 4.85. The van der Waals surface area contributed by atoms with Crippen molar-refractivity contribution in [1.29, 1.82) is 0 Å². The highest BCUT2D eigenvalue weighted by Gasteiger charge is 2.14. The number of aromatic amines is 1. The van der Waals surface area contributed by atoms with Gasteiger partial charge in [-0.05, 0) is 42.0 Å². The van der Waals surface area contributed by atoms with E-state index in [1.165, 1.54) is 10.3 Å². The van der Waals surface area contributed by atoms with Crippen LogP contribution in [0, 0.1) is 0 Å². The third kappa shape index (κ3) is 4.77. The number of rotatable bonds is 6. The van der Waals surface area contributed by atoms with E-state index in [4.69, 9.17) is 0 Å². The molecule has 1 aromatic heterocycles. The van der Waals surface area contributed by atoms with Crippen LogP contribution in [0.25, 0.3) is 22.2 Å². The maximum Gasteiger partial charge on any atom is 0.251 e. The Morgan fingerprint density at radius 3 is 2.52 bits per heavy atom. The first-order valence-electron chi connectivity index (χ1n) is 9.15. The lowest BCUT2D eigenvalue weighted by Crippen LogP contribution is -2.25. The normalized spacial score (nSPS) is 11.0. The highest BCUT2D eigenvalue weighted by atomic mass is 79.9. The average molecular weight is 530 g/mol. The fourth-order valence-electron chi connectivity index (χ4n) is 3.14. The number of aromatic nitrogens is 1. The van der Waals surface area contributed by atoms with Crippen molar-refractivity contribution in [2.24, 2.45) is 0 Å². The van der Waals surface area contributed by atoms with Crippen molar-refractivity contribution in [2.75, 3.05) is 12.3 Å². The molecule has 0 unspecified atom stereocenters. The molecular weight excluding hydrogens is 512 g/mol. The molecule has 0 bridgehead atoms. The zero-order valence-electron chi connectivity index (χ0n) is 15.4. The second-order valence-corrected chi connectivity index (χ2v) is 9.43. The largest absolute Gasteiger partial charge is 0.354 e. The Hall–Kier alpha value is -2.02. The Balaban J connectivity index is 1.49. The van der Waals surface area contributed by atoms with Gasteiger partial charge in [-0.15, -0.1) is 11.8 Å². The lowest BCUT2D eigenvalue weighted by Gasteiger charge is -2.08. The molecule has 0 aliphatic heterocycles. The zero-order chi connectivity index (χ0) is 20.2. The van der Waals surface area contributed by atoms with Crippen LogP contribution in [-0.2, 0) is 0 Å². The van der Waals surface area contributed by atoms with Crippen molar-refractivity contribution < 1.29 is 4.79 Å². The minimum absolute atomic E-state index is 0.0565. The first-order chi connectivity index (χ1) is 14.1. The summed E-state index contributed by atoms with van der Waals surface area (Å²) >= 11 is 8.66. The first-order valence-corrected chi connectivity index (χ1v) is 11.7. The molecule has 4 rings (SSSR count). The van der Waals surface area contributed by atoms with Crippen LogP contribution < -0.4 is 5.32 Å². The molecule has 146 valence electrons. The maximum atomic E-state index is 12.3. The second kappa shape index (κ2) is 9.20. The van der Waals surface area contributed by atoms with Crippen LogP contribution in [0.1, 0.15) is 10.4 Å². The number of para-hydroxylation sites is 1. The number of thioether (sulfide) groups is 1. The molecule has 1 amide bonds. The SMILES string of the molecule is O=C(NCCSc1c(-c2ccc(Br)cc2)[nH]c2ccccc12)c1cccc(Br)c1. The quantitative estimate of drug-likeness (QED) is 0.211. The molecule has 0 saturated heterocycles. The molecule has 0 saturated carbocycles. The minimum atomic E-state index is -0.0565.